The number of nitrogens with zero attached hydrogens (tertiary/aromatic N) is 2. The third-order valence-corrected chi connectivity index (χ3v) is 7.94. The van der Waals surface area contributed by atoms with E-state index in [1.807, 2.05) is 6.92 Å². The molecule has 0 saturated carbocycles. The van der Waals surface area contributed by atoms with E-state index in [4.69, 9.17) is 4.74 Å². The predicted molar refractivity (Wildman–Crippen MR) is 92.9 cm³/mol. The third kappa shape index (κ3) is 2.98. The second-order valence-corrected chi connectivity index (χ2v) is 10.9. The van der Waals surface area contributed by atoms with Crippen LogP contribution in [0.2, 0.25) is 0 Å². The van der Waals surface area contributed by atoms with Crippen LogP contribution in [0, 0.1) is 6.92 Å². The van der Waals surface area contributed by atoms with Crippen LogP contribution in [0.5, 0.6) is 0 Å². The van der Waals surface area contributed by atoms with Crippen molar-refractivity contribution >= 4 is 33.4 Å². The molecule has 3 rings (SSSR count). The highest BCUT2D eigenvalue weighted by molar-refractivity contribution is 7.91. The van der Waals surface area contributed by atoms with Crippen molar-refractivity contribution in [2.24, 2.45) is 0 Å². The number of ether oxygens (including phenoxy) is 1. The van der Waals surface area contributed by atoms with E-state index in [2.05, 4.69) is 0 Å². The lowest BCUT2D eigenvalue weighted by Gasteiger charge is -2.36. The molecule has 2 aliphatic rings. The van der Waals surface area contributed by atoms with Gasteiger partial charge in [-0.1, -0.05) is 0 Å². The van der Waals surface area contributed by atoms with Gasteiger partial charge in [-0.2, -0.15) is 4.31 Å². The molecule has 9 heteroatoms. The number of carbonyl (C=O) groups is 2. The summed E-state index contributed by atoms with van der Waals surface area (Å²) in [6.07, 6.45) is -0.302. The number of hydrogen-bond acceptors (Lipinski definition) is 6. The maximum absolute atomic E-state index is 12.8. The number of rotatable bonds is 2. The molecule has 0 bridgehead atoms. The van der Waals surface area contributed by atoms with Gasteiger partial charge >= 0.3 is 6.09 Å². The van der Waals surface area contributed by atoms with Gasteiger partial charge in [0.2, 0.25) is 0 Å². The molecule has 0 atom stereocenters. The van der Waals surface area contributed by atoms with Crippen molar-refractivity contribution in [2.45, 2.75) is 55.9 Å². The number of piperidine rings is 1. The average Bonchev–Trinajstić information content (AvgIpc) is 3.02. The molecule has 2 amide bonds. The first-order valence-electron chi connectivity index (χ1n) is 8.12. The highest BCUT2D eigenvalue weighted by Crippen LogP contribution is 2.39. The largest absolute Gasteiger partial charge is 0.432 e. The van der Waals surface area contributed by atoms with Gasteiger partial charge in [-0.25, -0.2) is 18.1 Å². The molecule has 1 aromatic heterocycles. The molecule has 1 aromatic rings. The fourth-order valence-electron chi connectivity index (χ4n) is 3.20. The van der Waals surface area contributed by atoms with Crippen molar-refractivity contribution in [3.05, 3.63) is 17.0 Å². The zero-order valence-corrected chi connectivity index (χ0v) is 16.4. The van der Waals surface area contributed by atoms with Gasteiger partial charge in [0.15, 0.2) is 5.60 Å². The van der Waals surface area contributed by atoms with Crippen LogP contribution in [0.1, 0.15) is 38.5 Å². The molecule has 0 radical (unpaired) electrons. The Kier molecular flexibility index (Phi) is 4.24. The van der Waals surface area contributed by atoms with E-state index >= 15 is 0 Å². The Hall–Kier alpha value is -1.45. The molecule has 25 heavy (non-hydrogen) atoms. The molecular formula is C16H22N2O5S2. The van der Waals surface area contributed by atoms with E-state index < -0.39 is 27.3 Å². The minimum absolute atomic E-state index is 0.149. The number of sulfonamides is 1. The predicted octanol–water partition coefficient (Wildman–Crippen LogP) is 2.36. The molecule has 2 aliphatic heterocycles. The smallest absolute Gasteiger partial charge is 0.418 e. The summed E-state index contributed by atoms with van der Waals surface area (Å²) in [4.78, 5) is 27.0. The fraction of sp³-hybridized carbons (Fsp3) is 0.625. The van der Waals surface area contributed by atoms with Gasteiger partial charge < -0.3 is 4.74 Å². The number of carbonyl (C=O) groups excluding carboxylic acids is 2. The lowest BCUT2D eigenvalue weighted by atomic mass is 9.90. The SMILES string of the molecule is Cc1ccc(S(=O)(=O)N2CCC3(CC2)OC(=O)N(C(C)(C)C)C3=O)s1. The summed E-state index contributed by atoms with van der Waals surface area (Å²) in [5, 5.41) is 0. The summed E-state index contributed by atoms with van der Waals surface area (Å²) in [6.45, 7) is 7.46. The second kappa shape index (κ2) is 5.78. The van der Waals surface area contributed by atoms with Crippen molar-refractivity contribution in [3.63, 3.8) is 0 Å². The van der Waals surface area contributed by atoms with Gasteiger partial charge in [-0.15, -0.1) is 11.3 Å². The molecule has 2 fully saturated rings. The monoisotopic (exact) mass is 386 g/mol. The minimum Gasteiger partial charge on any atom is -0.432 e. The highest BCUT2D eigenvalue weighted by atomic mass is 32.2. The van der Waals surface area contributed by atoms with E-state index in [0.29, 0.717) is 4.21 Å². The Morgan fingerprint density at radius 1 is 1.16 bits per heavy atom. The summed E-state index contributed by atoms with van der Waals surface area (Å²) >= 11 is 1.23. The van der Waals surface area contributed by atoms with Crippen molar-refractivity contribution in [1.82, 2.24) is 9.21 Å². The van der Waals surface area contributed by atoms with Gasteiger partial charge in [0.05, 0.1) is 0 Å². The molecule has 3 heterocycles. The lowest BCUT2D eigenvalue weighted by molar-refractivity contribution is -0.142. The molecule has 0 unspecified atom stereocenters. The second-order valence-electron chi connectivity index (χ2n) is 7.44. The topological polar surface area (TPSA) is 84.0 Å². The molecule has 0 aliphatic carbocycles. The van der Waals surface area contributed by atoms with E-state index in [1.165, 1.54) is 15.6 Å². The van der Waals surface area contributed by atoms with Gasteiger partial charge in [0.1, 0.15) is 4.21 Å². The summed E-state index contributed by atoms with van der Waals surface area (Å²) < 4.78 is 32.5. The first kappa shape index (κ1) is 18.3. The maximum Gasteiger partial charge on any atom is 0.418 e. The standard InChI is InChI=1S/C16H22N2O5S2/c1-11-5-6-12(24-11)25(21,22)17-9-7-16(8-10-17)13(19)18(14(20)23-16)15(2,3)4/h5-6H,7-10H2,1-4H3. The molecule has 138 valence electrons. The van der Waals surface area contributed by atoms with Crippen LogP contribution in [0.15, 0.2) is 16.3 Å². The fourth-order valence-corrected chi connectivity index (χ4v) is 6.08. The van der Waals surface area contributed by atoms with Crippen molar-refractivity contribution in [1.29, 1.82) is 0 Å². The van der Waals surface area contributed by atoms with Crippen LogP contribution in [-0.2, 0) is 19.6 Å². The van der Waals surface area contributed by atoms with Gasteiger partial charge in [0.25, 0.3) is 15.9 Å². The van der Waals surface area contributed by atoms with Gasteiger partial charge in [0, 0.05) is 36.3 Å². The summed E-state index contributed by atoms with van der Waals surface area (Å²) in [5.41, 5.74) is -1.91. The summed E-state index contributed by atoms with van der Waals surface area (Å²) in [5.74, 6) is -0.367. The normalized spacial score (nSPS) is 21.8. The molecule has 7 nitrogen and oxygen atoms in total. The van der Waals surface area contributed by atoms with Crippen molar-refractivity contribution < 1.29 is 22.7 Å². The van der Waals surface area contributed by atoms with Crippen LogP contribution in [-0.4, -0.2) is 53.9 Å². The zero-order chi connectivity index (χ0) is 18.6. The van der Waals surface area contributed by atoms with E-state index in [-0.39, 0.29) is 31.8 Å². The molecule has 0 N–H and O–H groups in total. The van der Waals surface area contributed by atoms with Gasteiger partial charge in [-0.3, -0.25) is 4.79 Å². The van der Waals surface area contributed by atoms with Crippen LogP contribution in [0.4, 0.5) is 4.79 Å². The molecule has 1 spiro atoms. The number of hydrogen-bond donors (Lipinski definition) is 0. The van der Waals surface area contributed by atoms with E-state index in [9.17, 15) is 18.0 Å². The minimum atomic E-state index is -3.57. The quantitative estimate of drug-likeness (QED) is 0.779. The third-order valence-electron chi connectivity index (χ3n) is 4.57. The van der Waals surface area contributed by atoms with Crippen LogP contribution in [0.25, 0.3) is 0 Å². The number of thiophene rings is 1. The maximum atomic E-state index is 12.8. The number of imide groups is 1. The van der Waals surface area contributed by atoms with E-state index in [0.717, 1.165) is 9.78 Å². The Bertz CT molecular complexity index is 814. The molecule has 2 saturated heterocycles. The number of amides is 2. The first-order chi connectivity index (χ1) is 11.5. The Labute approximate surface area is 151 Å². The number of aryl methyl sites for hydroxylation is 1. The van der Waals surface area contributed by atoms with E-state index in [1.54, 1.807) is 32.9 Å². The highest BCUT2D eigenvalue weighted by Gasteiger charge is 2.58. The van der Waals surface area contributed by atoms with Crippen LogP contribution in [0.3, 0.4) is 0 Å². The van der Waals surface area contributed by atoms with Crippen LogP contribution < -0.4 is 0 Å². The average molecular weight is 386 g/mol. The Morgan fingerprint density at radius 2 is 1.76 bits per heavy atom. The first-order valence-corrected chi connectivity index (χ1v) is 10.4. The van der Waals surface area contributed by atoms with Crippen LogP contribution >= 0.6 is 11.3 Å². The lowest BCUT2D eigenvalue weighted by Crippen LogP contribution is -2.53. The van der Waals surface area contributed by atoms with Crippen molar-refractivity contribution in [2.75, 3.05) is 13.1 Å². The Balaban J connectivity index is 1.78. The molecular weight excluding hydrogens is 364 g/mol. The summed E-state index contributed by atoms with van der Waals surface area (Å²) in [6, 6.07) is 3.37. The summed E-state index contributed by atoms with van der Waals surface area (Å²) in [7, 11) is -3.57. The zero-order valence-electron chi connectivity index (χ0n) is 14.7. The molecule has 0 aromatic carbocycles. The van der Waals surface area contributed by atoms with Gasteiger partial charge in [-0.05, 0) is 39.8 Å². The van der Waals surface area contributed by atoms with Crippen molar-refractivity contribution in [3.8, 4) is 0 Å². The Morgan fingerprint density at radius 3 is 2.20 bits per heavy atom.